The van der Waals surface area contributed by atoms with E-state index in [1.165, 1.54) is 25.2 Å². The number of ether oxygens (including phenoxy) is 2. The number of sulfone groups is 1. The molecule has 0 aliphatic carbocycles. The van der Waals surface area contributed by atoms with Crippen LogP contribution in [0.4, 0.5) is 5.13 Å². The minimum atomic E-state index is -3.66. The molecule has 152 valence electrons. The van der Waals surface area contributed by atoms with Gasteiger partial charge in [-0.15, -0.1) is 11.3 Å². The molecule has 0 unspecified atom stereocenters. The van der Waals surface area contributed by atoms with E-state index in [4.69, 9.17) is 9.47 Å². The Labute approximate surface area is 169 Å². The Morgan fingerprint density at radius 3 is 2.50 bits per heavy atom. The number of carbonyl (C=O) groups excluding carboxylic acids is 1. The van der Waals surface area contributed by atoms with Gasteiger partial charge in [0.25, 0.3) is 0 Å². The highest BCUT2D eigenvalue weighted by molar-refractivity contribution is 7.94. The fourth-order valence-corrected chi connectivity index (χ4v) is 5.68. The van der Waals surface area contributed by atoms with E-state index in [0.29, 0.717) is 36.9 Å². The average Bonchev–Trinajstić information content (AvgIpc) is 3.17. The molecular formula is C19H24N2O5S2. The predicted octanol–water partition coefficient (Wildman–Crippen LogP) is 3.13. The predicted molar refractivity (Wildman–Crippen MR) is 110 cm³/mol. The smallest absolute Gasteiger partial charge is 0.247 e. The van der Waals surface area contributed by atoms with E-state index in [1.807, 2.05) is 29.6 Å². The van der Waals surface area contributed by atoms with Crippen LogP contribution in [0, 0.1) is 0 Å². The molecule has 28 heavy (non-hydrogen) atoms. The molecule has 1 aromatic heterocycles. The highest BCUT2D eigenvalue weighted by Gasteiger charge is 2.46. The van der Waals surface area contributed by atoms with Crippen molar-refractivity contribution in [1.82, 2.24) is 4.98 Å². The maximum atomic E-state index is 13.0. The zero-order valence-corrected chi connectivity index (χ0v) is 17.7. The summed E-state index contributed by atoms with van der Waals surface area (Å²) in [5.41, 5.74) is 1.58. The van der Waals surface area contributed by atoms with Crippen molar-refractivity contribution in [2.75, 3.05) is 25.6 Å². The molecule has 0 atom stereocenters. The summed E-state index contributed by atoms with van der Waals surface area (Å²) in [5, 5.41) is 4.30. The van der Waals surface area contributed by atoms with E-state index in [9.17, 15) is 13.2 Å². The first-order valence-corrected chi connectivity index (χ1v) is 11.4. The lowest BCUT2D eigenvalue weighted by atomic mass is 10.2. The van der Waals surface area contributed by atoms with Crippen molar-refractivity contribution in [2.45, 2.75) is 36.7 Å². The van der Waals surface area contributed by atoms with Gasteiger partial charge in [-0.05, 0) is 51.0 Å². The minimum absolute atomic E-state index is 0.367. The molecule has 1 fully saturated rings. The monoisotopic (exact) mass is 424 g/mol. The number of benzene rings is 1. The Hall–Kier alpha value is -1.97. The number of methoxy groups -OCH3 is 1. The van der Waals surface area contributed by atoms with Crippen molar-refractivity contribution >= 4 is 32.2 Å². The first kappa shape index (κ1) is 20.8. The van der Waals surface area contributed by atoms with Gasteiger partial charge in [-0.2, -0.15) is 0 Å². The summed E-state index contributed by atoms with van der Waals surface area (Å²) in [6.45, 7) is 3.70. The van der Waals surface area contributed by atoms with E-state index >= 15 is 0 Å². The molecule has 0 bridgehead atoms. The molecule has 1 saturated heterocycles. The summed E-state index contributed by atoms with van der Waals surface area (Å²) < 4.78 is 34.8. The van der Waals surface area contributed by atoms with Gasteiger partial charge in [0.05, 0.1) is 18.1 Å². The first-order valence-electron chi connectivity index (χ1n) is 8.98. The number of carbonyl (C=O) groups is 1. The number of amides is 1. The lowest BCUT2D eigenvalue weighted by molar-refractivity contribution is -0.117. The zero-order valence-electron chi connectivity index (χ0n) is 16.1. The molecule has 0 radical (unpaired) electrons. The Balaban J connectivity index is 1.74. The Bertz CT molecular complexity index is 929. The van der Waals surface area contributed by atoms with Crippen LogP contribution in [0.5, 0.6) is 5.75 Å². The Morgan fingerprint density at radius 1 is 1.25 bits per heavy atom. The summed E-state index contributed by atoms with van der Waals surface area (Å²) in [6.07, 6.45) is 0.829. The number of thiazole rings is 1. The molecule has 1 aliphatic heterocycles. The van der Waals surface area contributed by atoms with Crippen LogP contribution in [-0.2, 0) is 19.4 Å². The molecular weight excluding hydrogens is 400 g/mol. The van der Waals surface area contributed by atoms with Gasteiger partial charge < -0.3 is 14.8 Å². The van der Waals surface area contributed by atoms with Crippen LogP contribution in [0.25, 0.3) is 11.3 Å². The number of hydrogen-bond donors (Lipinski definition) is 1. The SMILES string of the molecule is COc1ccc(-c2csc(NC(=O)C(C)(C)S(=O)(=O)C3CCOCC3)n2)cc1. The molecule has 2 heterocycles. The van der Waals surface area contributed by atoms with Gasteiger partial charge in [0, 0.05) is 24.2 Å². The van der Waals surface area contributed by atoms with Crippen LogP contribution in [0.3, 0.4) is 0 Å². The maximum Gasteiger partial charge on any atom is 0.247 e. The topological polar surface area (TPSA) is 94.6 Å². The molecule has 2 aromatic rings. The second kappa shape index (κ2) is 8.18. The van der Waals surface area contributed by atoms with Crippen LogP contribution in [0.15, 0.2) is 29.6 Å². The van der Waals surface area contributed by atoms with Crippen LogP contribution < -0.4 is 10.1 Å². The highest BCUT2D eigenvalue weighted by Crippen LogP contribution is 2.31. The first-order chi connectivity index (χ1) is 13.3. The number of hydrogen-bond acceptors (Lipinski definition) is 7. The number of nitrogens with zero attached hydrogens (tertiary/aromatic N) is 1. The average molecular weight is 425 g/mol. The van der Waals surface area contributed by atoms with Crippen LogP contribution in [0.2, 0.25) is 0 Å². The van der Waals surface area contributed by atoms with Gasteiger partial charge >= 0.3 is 0 Å². The van der Waals surface area contributed by atoms with E-state index < -0.39 is 25.7 Å². The van der Waals surface area contributed by atoms with E-state index in [-0.39, 0.29) is 0 Å². The quantitative estimate of drug-likeness (QED) is 0.766. The van der Waals surface area contributed by atoms with E-state index in [0.717, 1.165) is 11.3 Å². The Morgan fingerprint density at radius 2 is 1.89 bits per heavy atom. The van der Waals surface area contributed by atoms with Gasteiger partial charge in [0.1, 0.15) is 10.5 Å². The van der Waals surface area contributed by atoms with Gasteiger partial charge in [0.15, 0.2) is 15.0 Å². The third kappa shape index (κ3) is 4.06. The normalized spacial score (nSPS) is 16.0. The molecule has 1 aromatic carbocycles. The van der Waals surface area contributed by atoms with E-state index in [2.05, 4.69) is 10.3 Å². The third-order valence-corrected chi connectivity index (χ3v) is 8.69. The minimum Gasteiger partial charge on any atom is -0.497 e. The summed E-state index contributed by atoms with van der Waals surface area (Å²) >= 11 is 1.26. The van der Waals surface area contributed by atoms with Crippen molar-refractivity contribution in [2.24, 2.45) is 0 Å². The second-order valence-electron chi connectivity index (χ2n) is 7.09. The molecule has 9 heteroatoms. The number of anilines is 1. The lowest BCUT2D eigenvalue weighted by Crippen LogP contribution is -2.50. The summed E-state index contributed by atoms with van der Waals surface area (Å²) in [7, 11) is -2.06. The van der Waals surface area contributed by atoms with Gasteiger partial charge in [0.2, 0.25) is 5.91 Å². The van der Waals surface area contributed by atoms with Crippen LogP contribution >= 0.6 is 11.3 Å². The van der Waals surface area contributed by atoms with Gasteiger partial charge in [-0.1, -0.05) is 0 Å². The lowest BCUT2D eigenvalue weighted by Gasteiger charge is -2.30. The van der Waals surface area contributed by atoms with Crippen molar-refractivity contribution < 1.29 is 22.7 Å². The summed E-state index contributed by atoms with van der Waals surface area (Å²) in [6, 6.07) is 7.41. The molecule has 1 N–H and O–H groups in total. The summed E-state index contributed by atoms with van der Waals surface area (Å²) in [4.78, 5) is 17.2. The van der Waals surface area contributed by atoms with Crippen molar-refractivity contribution in [3.8, 4) is 17.0 Å². The molecule has 7 nitrogen and oxygen atoms in total. The molecule has 1 aliphatic rings. The number of nitrogens with one attached hydrogen (secondary N) is 1. The maximum absolute atomic E-state index is 13.0. The molecule has 1 amide bonds. The number of rotatable bonds is 6. The van der Waals surface area contributed by atoms with E-state index in [1.54, 1.807) is 7.11 Å². The largest absolute Gasteiger partial charge is 0.497 e. The second-order valence-corrected chi connectivity index (χ2v) is 10.7. The fraction of sp³-hybridized carbons (Fsp3) is 0.474. The Kier molecular flexibility index (Phi) is 6.07. The van der Waals surface area contributed by atoms with Crippen LogP contribution in [-0.4, -0.2) is 49.6 Å². The van der Waals surface area contributed by atoms with Crippen molar-refractivity contribution in [1.29, 1.82) is 0 Å². The molecule has 3 rings (SSSR count). The number of aromatic nitrogens is 1. The summed E-state index contributed by atoms with van der Waals surface area (Å²) in [5.74, 6) is 0.169. The standard InChI is InChI=1S/C19H24N2O5S2/c1-19(2,28(23,24)15-8-10-26-11-9-15)17(22)21-18-20-16(12-27-18)13-4-6-14(25-3)7-5-13/h4-7,12,15H,8-11H2,1-3H3,(H,20,21,22). The molecule has 0 spiro atoms. The van der Waals surface area contributed by atoms with Gasteiger partial charge in [-0.25, -0.2) is 13.4 Å². The van der Waals surface area contributed by atoms with Crippen LogP contribution in [0.1, 0.15) is 26.7 Å². The molecule has 0 saturated carbocycles. The van der Waals surface area contributed by atoms with Gasteiger partial charge in [-0.3, -0.25) is 4.79 Å². The third-order valence-electron chi connectivity index (χ3n) is 4.98. The van der Waals surface area contributed by atoms with Crippen molar-refractivity contribution in [3.63, 3.8) is 0 Å². The highest BCUT2D eigenvalue weighted by atomic mass is 32.2. The zero-order chi connectivity index (χ0) is 20.4. The fourth-order valence-electron chi connectivity index (χ4n) is 3.01. The van der Waals surface area contributed by atoms with Crippen molar-refractivity contribution in [3.05, 3.63) is 29.6 Å².